The van der Waals surface area contributed by atoms with Crippen LogP contribution in [0.5, 0.6) is 0 Å². The van der Waals surface area contributed by atoms with Gasteiger partial charge in [0.25, 0.3) is 0 Å². The summed E-state index contributed by atoms with van der Waals surface area (Å²) in [6.45, 7) is 15.2. The molecule has 5 heterocycles. The van der Waals surface area contributed by atoms with E-state index in [-0.39, 0.29) is 17.9 Å². The Hall–Kier alpha value is -3.71. The van der Waals surface area contributed by atoms with E-state index in [1.807, 2.05) is 6.92 Å². The molecule has 4 atom stereocenters. The van der Waals surface area contributed by atoms with Gasteiger partial charge in [-0.15, -0.1) is 0 Å². The van der Waals surface area contributed by atoms with Gasteiger partial charge in [0.1, 0.15) is 6.10 Å². The van der Waals surface area contributed by atoms with Crippen molar-refractivity contribution in [1.29, 1.82) is 0 Å². The van der Waals surface area contributed by atoms with Crippen LogP contribution in [0.25, 0.3) is 23.8 Å². The quantitative estimate of drug-likeness (QED) is 0.310. The molecule has 6 rings (SSSR count). The lowest BCUT2D eigenvalue weighted by Gasteiger charge is -2.23. The third-order valence-electron chi connectivity index (χ3n) is 10.0. The number of ether oxygens (including phenoxy) is 1. The van der Waals surface area contributed by atoms with E-state index in [0.717, 1.165) is 75.1 Å². The van der Waals surface area contributed by atoms with Gasteiger partial charge in [-0.25, -0.2) is 4.79 Å². The molecule has 216 valence electrons. The second kappa shape index (κ2) is 9.98. The van der Waals surface area contributed by atoms with Crippen LogP contribution in [0.4, 0.5) is 0 Å². The minimum atomic E-state index is -1.05. The zero-order valence-corrected chi connectivity index (χ0v) is 25.4. The first-order chi connectivity index (χ1) is 19.6. The van der Waals surface area contributed by atoms with Crippen LogP contribution in [0.3, 0.4) is 0 Å². The van der Waals surface area contributed by atoms with E-state index >= 15 is 0 Å². The van der Waals surface area contributed by atoms with Crippen LogP contribution in [0.2, 0.25) is 0 Å². The monoisotopic (exact) mass is 554 g/mol. The van der Waals surface area contributed by atoms with Gasteiger partial charge in [0.05, 0.1) is 24.4 Å². The summed E-state index contributed by atoms with van der Waals surface area (Å²) in [4.78, 5) is 24.3. The number of rotatable bonds is 4. The summed E-state index contributed by atoms with van der Waals surface area (Å²) in [5.41, 5.74) is 13.1. The molecular formula is C34H42N4O3. The summed E-state index contributed by atoms with van der Waals surface area (Å²) < 4.78 is 5.23. The first kappa shape index (κ1) is 27.5. The third-order valence-corrected chi connectivity index (χ3v) is 10.0. The van der Waals surface area contributed by atoms with E-state index < -0.39 is 12.1 Å². The molecular weight excluding hydrogens is 512 g/mol. The Morgan fingerprint density at radius 3 is 2.22 bits per heavy atom. The maximum atomic E-state index is 13.2. The van der Waals surface area contributed by atoms with E-state index in [2.05, 4.69) is 80.0 Å². The number of nitrogens with one attached hydrogen (secondary N) is 4. The zero-order valence-electron chi connectivity index (χ0n) is 25.4. The molecule has 0 radical (unpaired) electrons. The number of aromatic amines is 3. The van der Waals surface area contributed by atoms with Crippen molar-refractivity contribution in [3.05, 3.63) is 78.1 Å². The molecule has 3 aromatic rings. The van der Waals surface area contributed by atoms with Crippen LogP contribution in [0.15, 0.2) is 11.3 Å². The summed E-state index contributed by atoms with van der Waals surface area (Å²) in [7, 11) is 1.38. The Bertz CT molecular complexity index is 1760. The number of hydrogen-bond donors (Lipinski definition) is 5. The topological polar surface area (TPSA) is 106 Å². The highest BCUT2D eigenvalue weighted by Gasteiger charge is 2.47. The van der Waals surface area contributed by atoms with E-state index in [4.69, 9.17) is 4.74 Å². The number of hydrogen-bond acceptors (Lipinski definition) is 4. The molecule has 0 aromatic carbocycles. The van der Waals surface area contributed by atoms with Crippen LogP contribution in [-0.2, 0) is 22.4 Å². The van der Waals surface area contributed by atoms with Gasteiger partial charge in [-0.1, -0.05) is 34.1 Å². The molecule has 2 aliphatic heterocycles. The standard InChI is InChI=1S/C34H42N4O3/c1-9-19-15(4)22-12-24-17(6)21(11-3)31(37-24)29-30(34(40)41-8)33(39)28-18(7)25(38-32(28)29)14-27-20(10-2)16(5)23(36-27)13-26(19)35-22/h12-14,17,21,31,33,35-39H,9-11H2,1-8H3/b23-13-,24-12-,27-14-/t17-,21-,31?,33+/m0/s1. The third kappa shape index (κ3) is 3.92. The van der Waals surface area contributed by atoms with E-state index in [9.17, 15) is 9.90 Å². The Labute approximate surface area is 241 Å². The average molecular weight is 555 g/mol. The minimum absolute atomic E-state index is 0.150. The fraction of sp³-hybridized carbons (Fsp3) is 0.441. The van der Waals surface area contributed by atoms with Gasteiger partial charge in [-0.2, -0.15) is 0 Å². The SMILES string of the molecule is CCc1c2[nH]c(c1C)/C=C1\NC(C3=C(C(=O)OC)[C@H](O)c4c3[nH]c(c4C)/C=c3\[nH]/c(c(C)c3CC)=C\2)[C@@H](CC)[C@@H]1C. The highest BCUT2D eigenvalue weighted by atomic mass is 16.5. The van der Waals surface area contributed by atoms with Crippen molar-refractivity contribution in [3.8, 4) is 0 Å². The number of methoxy groups -OCH3 is 1. The lowest BCUT2D eigenvalue weighted by molar-refractivity contribution is -0.137. The van der Waals surface area contributed by atoms with E-state index in [1.165, 1.54) is 29.4 Å². The molecule has 0 spiro atoms. The fourth-order valence-electron chi connectivity index (χ4n) is 7.64. The number of carbonyl (C=O) groups is 1. The van der Waals surface area contributed by atoms with Gasteiger partial charge < -0.3 is 30.1 Å². The number of esters is 1. The van der Waals surface area contributed by atoms with Gasteiger partial charge in [-0.3, -0.25) is 0 Å². The predicted molar refractivity (Wildman–Crippen MR) is 163 cm³/mol. The molecule has 5 N–H and O–H groups in total. The Morgan fingerprint density at radius 1 is 0.878 bits per heavy atom. The Morgan fingerprint density at radius 2 is 1.56 bits per heavy atom. The highest BCUT2D eigenvalue weighted by Crippen LogP contribution is 2.49. The van der Waals surface area contributed by atoms with Crippen LogP contribution in [-0.4, -0.2) is 39.2 Å². The number of aromatic nitrogens is 3. The van der Waals surface area contributed by atoms with Crippen LogP contribution in [0.1, 0.15) is 96.4 Å². The van der Waals surface area contributed by atoms with E-state index in [0.29, 0.717) is 5.57 Å². The Balaban J connectivity index is 1.72. The van der Waals surface area contributed by atoms with Crippen LogP contribution >= 0.6 is 0 Å². The number of H-pyrrole nitrogens is 3. The molecule has 7 heteroatoms. The van der Waals surface area contributed by atoms with Gasteiger partial charge in [0, 0.05) is 50.5 Å². The summed E-state index contributed by atoms with van der Waals surface area (Å²) in [5.74, 6) is -0.0212. The lowest BCUT2D eigenvalue weighted by Crippen LogP contribution is -2.30. The lowest BCUT2D eigenvalue weighted by atomic mass is 9.83. The number of fused-ring (bicyclic) bond motifs is 8. The first-order valence-electron chi connectivity index (χ1n) is 15.0. The average Bonchev–Trinajstić information content (AvgIpc) is 3.69. The number of allylic oxidation sites excluding steroid dienone is 1. The molecule has 1 aliphatic carbocycles. The maximum Gasteiger partial charge on any atom is 0.337 e. The highest BCUT2D eigenvalue weighted by molar-refractivity contribution is 6.03. The summed E-state index contributed by atoms with van der Waals surface area (Å²) in [5, 5.41) is 17.6. The van der Waals surface area contributed by atoms with Crippen molar-refractivity contribution in [3.63, 3.8) is 0 Å². The molecule has 1 fully saturated rings. The van der Waals surface area contributed by atoms with Crippen molar-refractivity contribution < 1.29 is 14.6 Å². The van der Waals surface area contributed by atoms with Gasteiger partial charge in [-0.05, 0) is 85.6 Å². The molecule has 1 saturated heterocycles. The zero-order chi connectivity index (χ0) is 29.3. The molecule has 7 nitrogen and oxygen atoms in total. The van der Waals surface area contributed by atoms with Crippen molar-refractivity contribution in [1.82, 2.24) is 20.3 Å². The molecule has 8 bridgehead atoms. The summed E-state index contributed by atoms with van der Waals surface area (Å²) >= 11 is 0. The number of carbonyl (C=O) groups excluding carboxylic acids is 1. The normalized spacial score (nSPS) is 25.7. The molecule has 3 aliphatic rings. The molecule has 1 unspecified atom stereocenters. The van der Waals surface area contributed by atoms with Gasteiger partial charge in [0.15, 0.2) is 0 Å². The van der Waals surface area contributed by atoms with Crippen molar-refractivity contribution in [2.75, 3.05) is 7.11 Å². The second-order valence-corrected chi connectivity index (χ2v) is 11.9. The molecule has 3 aromatic heterocycles. The van der Waals surface area contributed by atoms with E-state index in [1.54, 1.807) is 0 Å². The Kier molecular flexibility index (Phi) is 6.68. The minimum Gasteiger partial charge on any atom is -0.466 e. The smallest absolute Gasteiger partial charge is 0.337 e. The van der Waals surface area contributed by atoms with Crippen LogP contribution < -0.4 is 16.0 Å². The number of aliphatic hydroxyl groups is 1. The van der Waals surface area contributed by atoms with Gasteiger partial charge in [0.2, 0.25) is 0 Å². The predicted octanol–water partition coefficient (Wildman–Crippen LogP) is 4.34. The molecule has 41 heavy (non-hydrogen) atoms. The molecule has 0 saturated carbocycles. The fourth-order valence-corrected chi connectivity index (χ4v) is 7.64. The van der Waals surface area contributed by atoms with Gasteiger partial charge >= 0.3 is 5.97 Å². The van der Waals surface area contributed by atoms with Crippen molar-refractivity contribution >= 4 is 29.8 Å². The summed E-state index contributed by atoms with van der Waals surface area (Å²) in [6.07, 6.45) is 8.36. The largest absolute Gasteiger partial charge is 0.466 e. The molecule has 0 amide bonds. The first-order valence-corrected chi connectivity index (χ1v) is 15.0. The second-order valence-electron chi connectivity index (χ2n) is 11.9. The van der Waals surface area contributed by atoms with Crippen molar-refractivity contribution in [2.45, 2.75) is 79.9 Å². The summed E-state index contributed by atoms with van der Waals surface area (Å²) in [6, 6.07) is -0.150. The number of aliphatic hydroxyl groups excluding tert-OH is 1. The van der Waals surface area contributed by atoms with Crippen molar-refractivity contribution in [2.24, 2.45) is 11.8 Å². The van der Waals surface area contributed by atoms with Crippen LogP contribution in [0, 0.1) is 32.6 Å². The maximum absolute atomic E-state index is 13.2.